The maximum atomic E-state index is 12.7. The molecular formula is C22H28N4O6. The molecule has 2 aliphatic rings. The van der Waals surface area contributed by atoms with E-state index in [1.807, 2.05) is 0 Å². The molecule has 0 aromatic carbocycles. The number of hydrogen-bond acceptors (Lipinski definition) is 8. The van der Waals surface area contributed by atoms with Crippen molar-refractivity contribution >= 4 is 22.9 Å². The molecule has 32 heavy (non-hydrogen) atoms. The van der Waals surface area contributed by atoms with E-state index in [-0.39, 0.29) is 23.2 Å². The smallest absolute Gasteiger partial charge is 0.409 e. The first-order chi connectivity index (χ1) is 15.5. The van der Waals surface area contributed by atoms with Gasteiger partial charge in [-0.15, -0.1) is 0 Å². The minimum atomic E-state index is -0.545. The van der Waals surface area contributed by atoms with E-state index in [0.717, 1.165) is 24.5 Å². The van der Waals surface area contributed by atoms with Crippen molar-refractivity contribution in [2.24, 2.45) is 11.1 Å². The zero-order valence-corrected chi connectivity index (χ0v) is 18.2. The third-order valence-electron chi connectivity index (χ3n) is 5.81. The van der Waals surface area contributed by atoms with Gasteiger partial charge in [0.15, 0.2) is 0 Å². The largest absolute Gasteiger partial charge is 0.450 e. The predicted octanol–water partition coefficient (Wildman–Crippen LogP) is 2.99. The number of fused-ring (bicyclic) bond motifs is 1. The van der Waals surface area contributed by atoms with Crippen molar-refractivity contribution in [3.63, 3.8) is 0 Å². The number of carbonyl (C=O) groups is 1. The molecule has 0 radical (unpaired) electrons. The summed E-state index contributed by atoms with van der Waals surface area (Å²) in [6, 6.07) is 1.23. The molecule has 2 fully saturated rings. The van der Waals surface area contributed by atoms with Gasteiger partial charge in [0.2, 0.25) is 5.71 Å². The molecule has 0 atom stereocenters. The van der Waals surface area contributed by atoms with E-state index in [1.165, 1.54) is 25.3 Å². The summed E-state index contributed by atoms with van der Waals surface area (Å²) in [5.74, 6) is 0.858. The zero-order chi connectivity index (χ0) is 22.5. The summed E-state index contributed by atoms with van der Waals surface area (Å²) >= 11 is 0. The van der Waals surface area contributed by atoms with E-state index in [4.69, 9.17) is 14.0 Å². The first-order valence-electron chi connectivity index (χ1n) is 11.2. The second-order valence-electron chi connectivity index (χ2n) is 8.27. The number of nitrogens with one attached hydrogen (secondary N) is 1. The fraction of sp³-hybridized carbons (Fsp3) is 0.591. The third kappa shape index (κ3) is 5.54. The van der Waals surface area contributed by atoms with Crippen molar-refractivity contribution in [1.29, 1.82) is 0 Å². The molecule has 3 heterocycles. The predicted molar refractivity (Wildman–Crippen MR) is 117 cm³/mol. The average Bonchev–Trinajstić information content (AvgIpc) is 3.59. The third-order valence-corrected chi connectivity index (χ3v) is 5.81. The Balaban J connectivity index is 1.42. The monoisotopic (exact) mass is 444 g/mol. The van der Waals surface area contributed by atoms with Gasteiger partial charge in [0.05, 0.1) is 12.3 Å². The van der Waals surface area contributed by atoms with Gasteiger partial charge in [-0.2, -0.15) is 4.98 Å². The van der Waals surface area contributed by atoms with Gasteiger partial charge in [-0.1, -0.05) is 30.8 Å². The van der Waals surface area contributed by atoms with Crippen LogP contribution in [0.1, 0.15) is 57.4 Å². The quantitative estimate of drug-likeness (QED) is 0.490. The molecule has 1 saturated heterocycles. The molecule has 10 nitrogen and oxygen atoms in total. The van der Waals surface area contributed by atoms with Crippen LogP contribution in [0.3, 0.4) is 0 Å². The Morgan fingerprint density at radius 3 is 2.78 bits per heavy atom. The van der Waals surface area contributed by atoms with Gasteiger partial charge in [0, 0.05) is 32.0 Å². The number of H-pyrrole nitrogens is 1. The van der Waals surface area contributed by atoms with E-state index in [2.05, 4.69) is 15.1 Å². The summed E-state index contributed by atoms with van der Waals surface area (Å²) in [6.45, 7) is 3.04. The maximum Gasteiger partial charge on any atom is 0.409 e. The fourth-order valence-corrected chi connectivity index (χ4v) is 3.89. The lowest BCUT2D eigenvalue weighted by Crippen LogP contribution is -2.39. The number of ether oxygens (including phenoxy) is 1. The number of amides is 1. The number of rotatable bonds is 8. The van der Waals surface area contributed by atoms with Gasteiger partial charge in [0.1, 0.15) is 5.39 Å². The number of aryl methyl sites for hydroxylation is 1. The lowest BCUT2D eigenvalue weighted by molar-refractivity contribution is 0.107. The average molecular weight is 444 g/mol. The molecule has 1 aliphatic heterocycles. The van der Waals surface area contributed by atoms with Crippen LogP contribution in [0, 0.1) is 5.92 Å². The Labute approximate surface area is 184 Å². The minimum absolute atomic E-state index is 0.0502. The van der Waals surface area contributed by atoms with Crippen LogP contribution in [0.15, 0.2) is 25.2 Å². The molecule has 172 valence electrons. The highest BCUT2D eigenvalue weighted by molar-refractivity contribution is 5.86. The summed E-state index contributed by atoms with van der Waals surface area (Å²) in [5, 5.41) is 4.33. The summed E-state index contributed by atoms with van der Waals surface area (Å²) < 4.78 is 10.2. The molecule has 4 rings (SSSR count). The number of piperidine rings is 1. The zero-order valence-electron chi connectivity index (χ0n) is 18.2. The van der Waals surface area contributed by atoms with Crippen LogP contribution in [0.2, 0.25) is 0 Å². The van der Waals surface area contributed by atoms with Gasteiger partial charge < -0.3 is 18.9 Å². The van der Waals surface area contributed by atoms with E-state index in [9.17, 15) is 14.4 Å². The molecule has 1 aliphatic carbocycles. The van der Waals surface area contributed by atoms with Crippen molar-refractivity contribution < 1.29 is 18.8 Å². The van der Waals surface area contributed by atoms with Gasteiger partial charge in [-0.3, -0.25) is 9.78 Å². The molecule has 1 amide bonds. The molecule has 0 spiro atoms. The highest BCUT2D eigenvalue weighted by atomic mass is 16.6. The SMILES string of the molecule is CCOC(=O)N1CCC(=NOc2nc3oc(=O)cc(CCCCC4CC4)c3c(=O)[nH]2)CC1. The first-order valence-corrected chi connectivity index (χ1v) is 11.2. The normalized spacial score (nSPS) is 16.3. The number of likely N-dealkylation sites (tertiary alicyclic amines) is 1. The molecule has 0 unspecified atom stereocenters. The van der Waals surface area contributed by atoms with Crippen LogP contribution in [0.4, 0.5) is 4.79 Å². The molecule has 2 aromatic rings. The van der Waals surface area contributed by atoms with Crippen molar-refractivity contribution in [2.45, 2.75) is 58.3 Å². The Hall–Kier alpha value is -3.17. The highest BCUT2D eigenvalue weighted by Crippen LogP contribution is 2.34. The first kappa shape index (κ1) is 22.0. The molecule has 0 bridgehead atoms. The van der Waals surface area contributed by atoms with Crippen LogP contribution >= 0.6 is 0 Å². The highest BCUT2D eigenvalue weighted by Gasteiger charge is 2.22. The van der Waals surface area contributed by atoms with Gasteiger partial charge in [0.25, 0.3) is 5.56 Å². The van der Waals surface area contributed by atoms with Crippen LogP contribution in [-0.4, -0.2) is 46.4 Å². The number of aromatic nitrogens is 2. The number of unbranched alkanes of at least 4 members (excludes halogenated alkanes) is 1. The van der Waals surface area contributed by atoms with E-state index in [0.29, 0.717) is 44.5 Å². The standard InChI is InChI=1S/C22H28N4O6/c1-2-30-22(29)26-11-9-16(10-12-26)25-32-21-23-19(28)18-15(6-4-3-5-14-7-8-14)13-17(27)31-20(18)24-21/h13-14H,2-12H2,1H3,(H,23,24,28). The maximum absolute atomic E-state index is 12.7. The second kappa shape index (κ2) is 9.97. The lowest BCUT2D eigenvalue weighted by atomic mass is 10.0. The number of carbonyl (C=O) groups excluding carboxylic acids is 1. The van der Waals surface area contributed by atoms with E-state index >= 15 is 0 Å². The summed E-state index contributed by atoms with van der Waals surface area (Å²) in [4.78, 5) is 50.1. The van der Waals surface area contributed by atoms with Gasteiger partial charge >= 0.3 is 17.7 Å². The summed E-state index contributed by atoms with van der Waals surface area (Å²) in [5.41, 5.74) is 0.356. The number of aromatic amines is 1. The fourth-order valence-electron chi connectivity index (χ4n) is 3.89. The Bertz CT molecular complexity index is 1110. The molecule has 2 aromatic heterocycles. The van der Waals surface area contributed by atoms with E-state index < -0.39 is 11.2 Å². The van der Waals surface area contributed by atoms with Crippen LogP contribution in [0.5, 0.6) is 6.01 Å². The minimum Gasteiger partial charge on any atom is -0.450 e. The van der Waals surface area contributed by atoms with Crippen molar-refractivity contribution in [2.75, 3.05) is 19.7 Å². The van der Waals surface area contributed by atoms with Crippen molar-refractivity contribution in [3.05, 3.63) is 32.4 Å². The Morgan fingerprint density at radius 1 is 1.28 bits per heavy atom. The van der Waals surface area contributed by atoms with E-state index in [1.54, 1.807) is 11.8 Å². The Kier molecular flexibility index (Phi) is 6.87. The van der Waals surface area contributed by atoms with Crippen LogP contribution in [0.25, 0.3) is 11.1 Å². The molecule has 1 saturated carbocycles. The van der Waals surface area contributed by atoms with Crippen LogP contribution in [-0.2, 0) is 11.2 Å². The van der Waals surface area contributed by atoms with Crippen LogP contribution < -0.4 is 16.0 Å². The topological polar surface area (TPSA) is 127 Å². The van der Waals surface area contributed by atoms with Crippen molar-refractivity contribution in [3.8, 4) is 6.01 Å². The molecule has 1 N–H and O–H groups in total. The Morgan fingerprint density at radius 2 is 2.06 bits per heavy atom. The van der Waals surface area contributed by atoms with Gasteiger partial charge in [-0.25, -0.2) is 9.59 Å². The summed E-state index contributed by atoms with van der Waals surface area (Å²) in [6.07, 6.45) is 7.14. The molecule has 10 heteroatoms. The van der Waals surface area contributed by atoms with Gasteiger partial charge in [-0.05, 0) is 31.2 Å². The number of nitrogens with zero attached hydrogens (tertiary/aromatic N) is 3. The lowest BCUT2D eigenvalue weighted by Gasteiger charge is -2.26. The number of oxime groups is 1. The second-order valence-corrected chi connectivity index (χ2v) is 8.27. The number of hydrogen-bond donors (Lipinski definition) is 1. The van der Waals surface area contributed by atoms with Crippen molar-refractivity contribution in [1.82, 2.24) is 14.9 Å². The summed E-state index contributed by atoms with van der Waals surface area (Å²) in [7, 11) is 0. The molecular weight excluding hydrogens is 416 g/mol.